The van der Waals surface area contributed by atoms with Crippen LogP contribution >= 0.6 is 0 Å². The molecule has 3 nitrogen and oxygen atoms in total. The molecule has 0 atom stereocenters. The minimum absolute atomic E-state index is 0.191. The summed E-state index contributed by atoms with van der Waals surface area (Å²) >= 11 is 0. The fourth-order valence-corrected chi connectivity index (χ4v) is 1.29. The molecule has 1 rings (SSSR count). The molecule has 0 aliphatic rings. The lowest BCUT2D eigenvalue weighted by molar-refractivity contribution is -0.136. The molecular weight excluding hydrogens is 178 g/mol. The molecule has 76 valence electrons. The number of nitrogens with two attached hydrogens (primary N) is 1. The highest BCUT2D eigenvalue weighted by molar-refractivity contribution is 5.67. The van der Waals surface area contributed by atoms with Gasteiger partial charge in [0.1, 0.15) is 0 Å². The quantitative estimate of drug-likeness (QED) is 0.738. The first-order chi connectivity index (χ1) is 6.72. The molecule has 0 saturated heterocycles. The van der Waals surface area contributed by atoms with E-state index in [1.807, 2.05) is 24.3 Å². The fourth-order valence-electron chi connectivity index (χ4n) is 1.29. The summed E-state index contributed by atoms with van der Waals surface area (Å²) in [6.07, 6.45) is 1.66. The zero-order chi connectivity index (χ0) is 10.4. The average molecular weight is 193 g/mol. The van der Waals surface area contributed by atoms with Crippen LogP contribution in [-0.4, -0.2) is 17.6 Å². The second kappa shape index (κ2) is 5.40. The molecule has 3 heteroatoms. The average Bonchev–Trinajstić information content (AvgIpc) is 2.17. The Bertz CT molecular complexity index is 293. The summed E-state index contributed by atoms with van der Waals surface area (Å²) in [5.74, 6) is -0.754. The molecule has 3 N–H and O–H groups in total. The summed E-state index contributed by atoms with van der Waals surface area (Å²) in [5.41, 5.74) is 7.68. The largest absolute Gasteiger partial charge is 0.481 e. The third-order valence-electron chi connectivity index (χ3n) is 2.08. The Labute approximate surface area is 83.6 Å². The molecule has 0 aliphatic heterocycles. The molecule has 0 spiro atoms. The third-order valence-corrected chi connectivity index (χ3v) is 2.08. The van der Waals surface area contributed by atoms with E-state index >= 15 is 0 Å². The summed E-state index contributed by atoms with van der Waals surface area (Å²) in [7, 11) is 0. The summed E-state index contributed by atoms with van der Waals surface area (Å²) in [4.78, 5) is 10.3. The van der Waals surface area contributed by atoms with Crippen LogP contribution in [0.3, 0.4) is 0 Å². The van der Waals surface area contributed by atoms with Crippen LogP contribution in [0, 0.1) is 0 Å². The number of hydrogen-bond acceptors (Lipinski definition) is 2. The fraction of sp³-hybridized carbons (Fsp3) is 0.364. The lowest BCUT2D eigenvalue weighted by Gasteiger charge is -2.01. The van der Waals surface area contributed by atoms with Crippen molar-refractivity contribution in [1.29, 1.82) is 0 Å². The Morgan fingerprint density at radius 2 is 1.64 bits per heavy atom. The number of rotatable bonds is 5. The van der Waals surface area contributed by atoms with Crippen LogP contribution in [0.1, 0.15) is 17.5 Å². The van der Waals surface area contributed by atoms with Crippen molar-refractivity contribution in [3.63, 3.8) is 0 Å². The van der Waals surface area contributed by atoms with E-state index < -0.39 is 5.97 Å². The number of aryl methyl sites for hydroxylation is 1. The van der Waals surface area contributed by atoms with Gasteiger partial charge in [-0.15, -0.1) is 0 Å². The molecule has 14 heavy (non-hydrogen) atoms. The Morgan fingerprint density at radius 3 is 2.07 bits per heavy atom. The zero-order valence-electron chi connectivity index (χ0n) is 8.07. The maximum Gasteiger partial charge on any atom is 0.303 e. The Kier molecular flexibility index (Phi) is 4.13. The predicted octanol–water partition coefficient (Wildman–Crippen LogP) is 1.20. The van der Waals surface area contributed by atoms with Gasteiger partial charge in [-0.3, -0.25) is 4.79 Å². The smallest absolute Gasteiger partial charge is 0.303 e. The highest BCUT2D eigenvalue weighted by Gasteiger charge is 1.98. The van der Waals surface area contributed by atoms with Gasteiger partial charge in [0.25, 0.3) is 0 Å². The molecular formula is C11H15NO2. The minimum atomic E-state index is -0.754. The van der Waals surface area contributed by atoms with Crippen molar-refractivity contribution in [3.05, 3.63) is 35.4 Å². The molecule has 0 saturated carbocycles. The highest BCUT2D eigenvalue weighted by atomic mass is 16.4. The SMILES string of the molecule is NCCc1ccc(CCC(=O)O)cc1. The van der Waals surface area contributed by atoms with Gasteiger partial charge in [-0.05, 0) is 30.5 Å². The molecule has 0 bridgehead atoms. The minimum Gasteiger partial charge on any atom is -0.481 e. The molecule has 0 amide bonds. The van der Waals surface area contributed by atoms with Gasteiger partial charge in [-0.2, -0.15) is 0 Å². The molecule has 0 radical (unpaired) electrons. The second-order valence-corrected chi connectivity index (χ2v) is 3.25. The summed E-state index contributed by atoms with van der Waals surface area (Å²) in [5, 5.41) is 8.50. The number of hydrogen-bond donors (Lipinski definition) is 2. The molecule has 0 heterocycles. The van der Waals surface area contributed by atoms with E-state index in [1.54, 1.807) is 0 Å². The Balaban J connectivity index is 2.50. The topological polar surface area (TPSA) is 63.3 Å². The van der Waals surface area contributed by atoms with Crippen LogP contribution in [0.2, 0.25) is 0 Å². The molecule has 1 aromatic carbocycles. The van der Waals surface area contributed by atoms with Crippen molar-refractivity contribution in [1.82, 2.24) is 0 Å². The van der Waals surface area contributed by atoms with E-state index in [1.165, 1.54) is 5.56 Å². The molecule has 1 aromatic rings. The summed E-state index contributed by atoms with van der Waals surface area (Å²) in [6, 6.07) is 7.94. The van der Waals surface area contributed by atoms with E-state index in [4.69, 9.17) is 10.8 Å². The van der Waals surface area contributed by atoms with Gasteiger partial charge in [-0.25, -0.2) is 0 Å². The zero-order valence-corrected chi connectivity index (χ0v) is 8.07. The van der Waals surface area contributed by atoms with Crippen LogP contribution in [0.5, 0.6) is 0 Å². The number of carboxylic acid groups (broad SMARTS) is 1. The van der Waals surface area contributed by atoms with Crippen molar-refractivity contribution >= 4 is 5.97 Å². The van der Waals surface area contributed by atoms with Gasteiger partial charge in [0.05, 0.1) is 0 Å². The highest BCUT2D eigenvalue weighted by Crippen LogP contribution is 2.06. The van der Waals surface area contributed by atoms with Gasteiger partial charge < -0.3 is 10.8 Å². The number of carboxylic acids is 1. The maximum atomic E-state index is 10.3. The maximum absolute atomic E-state index is 10.3. The first-order valence-corrected chi connectivity index (χ1v) is 4.72. The normalized spacial score (nSPS) is 10.1. The van der Waals surface area contributed by atoms with Gasteiger partial charge in [0.2, 0.25) is 0 Å². The molecule has 0 fully saturated rings. The lowest BCUT2D eigenvalue weighted by atomic mass is 10.1. The molecule has 0 aromatic heterocycles. The van der Waals surface area contributed by atoms with Gasteiger partial charge in [0.15, 0.2) is 0 Å². The van der Waals surface area contributed by atoms with Gasteiger partial charge in [-0.1, -0.05) is 24.3 Å². The van der Waals surface area contributed by atoms with Crippen molar-refractivity contribution in [2.24, 2.45) is 5.73 Å². The van der Waals surface area contributed by atoms with E-state index in [0.29, 0.717) is 13.0 Å². The van der Waals surface area contributed by atoms with Crippen LogP contribution in [0.15, 0.2) is 24.3 Å². The molecule has 0 unspecified atom stereocenters. The monoisotopic (exact) mass is 193 g/mol. The van der Waals surface area contributed by atoms with Crippen LogP contribution in [0.4, 0.5) is 0 Å². The van der Waals surface area contributed by atoms with Crippen molar-refractivity contribution < 1.29 is 9.90 Å². The van der Waals surface area contributed by atoms with E-state index in [2.05, 4.69) is 0 Å². The van der Waals surface area contributed by atoms with Gasteiger partial charge in [0, 0.05) is 6.42 Å². The lowest BCUT2D eigenvalue weighted by Crippen LogP contribution is -2.02. The van der Waals surface area contributed by atoms with E-state index in [0.717, 1.165) is 12.0 Å². The van der Waals surface area contributed by atoms with E-state index in [9.17, 15) is 4.79 Å². The Hall–Kier alpha value is -1.35. The number of carbonyl (C=O) groups is 1. The number of benzene rings is 1. The standard InChI is InChI=1S/C11H15NO2/c12-8-7-10-3-1-9(2-4-10)5-6-11(13)14/h1-4H,5-8,12H2,(H,13,14). The first-order valence-electron chi connectivity index (χ1n) is 4.72. The second-order valence-electron chi connectivity index (χ2n) is 3.25. The summed E-state index contributed by atoms with van der Waals surface area (Å²) < 4.78 is 0. The van der Waals surface area contributed by atoms with Gasteiger partial charge >= 0.3 is 5.97 Å². The first kappa shape index (κ1) is 10.7. The molecule has 0 aliphatic carbocycles. The number of aliphatic carboxylic acids is 1. The van der Waals surface area contributed by atoms with E-state index in [-0.39, 0.29) is 6.42 Å². The van der Waals surface area contributed by atoms with Crippen LogP contribution in [0.25, 0.3) is 0 Å². The Morgan fingerprint density at radius 1 is 1.14 bits per heavy atom. The third kappa shape index (κ3) is 3.58. The summed E-state index contributed by atoms with van der Waals surface area (Å²) in [6.45, 7) is 0.647. The van der Waals surface area contributed by atoms with Crippen molar-refractivity contribution in [2.75, 3.05) is 6.54 Å². The predicted molar refractivity (Wildman–Crippen MR) is 55.2 cm³/mol. The van der Waals surface area contributed by atoms with Crippen LogP contribution < -0.4 is 5.73 Å². The van der Waals surface area contributed by atoms with Crippen LogP contribution in [-0.2, 0) is 17.6 Å². The van der Waals surface area contributed by atoms with Crippen molar-refractivity contribution in [2.45, 2.75) is 19.3 Å². The van der Waals surface area contributed by atoms with Crippen molar-refractivity contribution in [3.8, 4) is 0 Å².